The summed E-state index contributed by atoms with van der Waals surface area (Å²) in [4.78, 5) is 4.19. The summed E-state index contributed by atoms with van der Waals surface area (Å²) in [5, 5.41) is 13.0. The summed E-state index contributed by atoms with van der Waals surface area (Å²) in [5.74, 6) is 1.65. The van der Waals surface area contributed by atoms with E-state index in [1.807, 2.05) is 6.92 Å². The normalized spacial score (nSPS) is 27.8. The van der Waals surface area contributed by atoms with Crippen molar-refractivity contribution in [2.75, 3.05) is 0 Å². The second-order valence-electron chi connectivity index (χ2n) is 5.08. The summed E-state index contributed by atoms with van der Waals surface area (Å²) in [5.41, 5.74) is -0.0415. The first-order valence-corrected chi connectivity index (χ1v) is 5.89. The maximum absolute atomic E-state index is 9.61. The first kappa shape index (κ1) is 11.6. The van der Waals surface area contributed by atoms with Crippen LogP contribution in [0.4, 0.5) is 0 Å². The lowest BCUT2D eigenvalue weighted by atomic mass is 9.64. The van der Waals surface area contributed by atoms with E-state index in [1.165, 1.54) is 0 Å². The summed E-state index contributed by atoms with van der Waals surface area (Å²) in [6, 6.07) is 0.347. The first-order valence-electron chi connectivity index (χ1n) is 5.89. The molecule has 16 heavy (non-hydrogen) atoms. The van der Waals surface area contributed by atoms with Crippen molar-refractivity contribution in [2.24, 2.45) is 5.41 Å². The lowest BCUT2D eigenvalue weighted by Crippen LogP contribution is -2.59. The molecule has 0 spiro atoms. The van der Waals surface area contributed by atoms with Gasteiger partial charge in [0.2, 0.25) is 5.89 Å². The summed E-state index contributed by atoms with van der Waals surface area (Å²) >= 11 is 0. The molecule has 1 heterocycles. The van der Waals surface area contributed by atoms with Gasteiger partial charge in [-0.25, -0.2) is 4.98 Å². The molecule has 1 fully saturated rings. The third-order valence-electron chi connectivity index (χ3n) is 3.67. The van der Waals surface area contributed by atoms with Gasteiger partial charge in [0.05, 0.1) is 18.8 Å². The lowest BCUT2D eigenvalue weighted by Gasteiger charge is -2.49. The van der Waals surface area contributed by atoms with Crippen molar-refractivity contribution < 1.29 is 9.52 Å². The molecule has 0 amide bonds. The number of aliphatic hydroxyl groups excluding tert-OH is 1. The van der Waals surface area contributed by atoms with Crippen LogP contribution in [0.25, 0.3) is 0 Å². The third kappa shape index (κ3) is 1.99. The molecule has 0 aromatic carbocycles. The van der Waals surface area contributed by atoms with Gasteiger partial charge in [-0.2, -0.15) is 0 Å². The van der Waals surface area contributed by atoms with Gasteiger partial charge >= 0.3 is 0 Å². The van der Waals surface area contributed by atoms with Crippen molar-refractivity contribution in [1.82, 2.24) is 10.3 Å². The number of rotatable bonds is 4. The average Bonchev–Trinajstić information content (AvgIpc) is 2.71. The molecule has 0 bridgehead atoms. The first-order chi connectivity index (χ1) is 7.54. The smallest absolute Gasteiger partial charge is 0.208 e. The molecule has 1 saturated carbocycles. The number of aryl methyl sites for hydroxylation is 1. The number of aliphatic hydroxyl groups is 1. The van der Waals surface area contributed by atoms with Crippen molar-refractivity contribution >= 4 is 0 Å². The van der Waals surface area contributed by atoms with Gasteiger partial charge in [-0.15, -0.1) is 0 Å². The van der Waals surface area contributed by atoms with Crippen LogP contribution in [0.15, 0.2) is 10.6 Å². The predicted molar refractivity (Wildman–Crippen MR) is 60.9 cm³/mol. The summed E-state index contributed by atoms with van der Waals surface area (Å²) in [7, 11) is 0. The van der Waals surface area contributed by atoms with Crippen molar-refractivity contribution in [1.29, 1.82) is 0 Å². The fraction of sp³-hybridized carbons (Fsp3) is 0.750. The number of nitrogens with zero attached hydrogens (tertiary/aromatic N) is 1. The van der Waals surface area contributed by atoms with Crippen LogP contribution >= 0.6 is 0 Å². The summed E-state index contributed by atoms with van der Waals surface area (Å²) in [6.07, 6.45) is 3.27. The fourth-order valence-corrected chi connectivity index (χ4v) is 2.05. The largest absolute Gasteiger partial charge is 0.444 e. The Labute approximate surface area is 96.1 Å². The van der Waals surface area contributed by atoms with Crippen LogP contribution in [0.2, 0.25) is 0 Å². The Bertz CT molecular complexity index is 360. The minimum absolute atomic E-state index is 0.0415. The molecule has 0 saturated heterocycles. The van der Waals surface area contributed by atoms with E-state index in [0.717, 1.165) is 24.5 Å². The van der Waals surface area contributed by atoms with Gasteiger partial charge in [0.25, 0.3) is 0 Å². The lowest BCUT2D eigenvalue weighted by molar-refractivity contribution is -0.0735. The Morgan fingerprint density at radius 1 is 1.62 bits per heavy atom. The van der Waals surface area contributed by atoms with Crippen LogP contribution in [-0.2, 0) is 13.0 Å². The second-order valence-corrected chi connectivity index (χ2v) is 5.08. The molecule has 0 aliphatic heterocycles. The van der Waals surface area contributed by atoms with Gasteiger partial charge in [0, 0.05) is 17.9 Å². The van der Waals surface area contributed by atoms with Crippen LogP contribution in [0.5, 0.6) is 0 Å². The number of hydrogen-bond donors (Lipinski definition) is 2. The molecule has 1 aromatic heterocycles. The molecular formula is C12H20N2O2. The van der Waals surface area contributed by atoms with Crippen LogP contribution < -0.4 is 5.32 Å². The van der Waals surface area contributed by atoms with Crippen LogP contribution in [-0.4, -0.2) is 22.2 Å². The molecule has 2 N–H and O–H groups in total. The molecule has 2 rings (SSSR count). The van der Waals surface area contributed by atoms with Gasteiger partial charge in [-0.3, -0.25) is 0 Å². The van der Waals surface area contributed by atoms with Crippen LogP contribution in [0.3, 0.4) is 0 Å². The highest BCUT2D eigenvalue weighted by Gasteiger charge is 2.46. The topological polar surface area (TPSA) is 58.3 Å². The highest BCUT2D eigenvalue weighted by Crippen LogP contribution is 2.40. The van der Waals surface area contributed by atoms with E-state index in [-0.39, 0.29) is 11.5 Å². The zero-order valence-corrected chi connectivity index (χ0v) is 10.2. The molecular weight excluding hydrogens is 204 g/mol. The zero-order valence-electron chi connectivity index (χ0n) is 10.2. The van der Waals surface area contributed by atoms with E-state index in [0.29, 0.717) is 12.6 Å². The average molecular weight is 224 g/mol. The third-order valence-corrected chi connectivity index (χ3v) is 3.67. The molecule has 4 heteroatoms. The van der Waals surface area contributed by atoms with Crippen molar-refractivity contribution in [2.45, 2.75) is 52.3 Å². The molecule has 1 aliphatic rings. The van der Waals surface area contributed by atoms with Gasteiger partial charge in [-0.1, -0.05) is 20.8 Å². The summed E-state index contributed by atoms with van der Waals surface area (Å²) in [6.45, 7) is 6.83. The number of oxazole rings is 1. The van der Waals surface area contributed by atoms with E-state index in [2.05, 4.69) is 24.1 Å². The Morgan fingerprint density at radius 2 is 2.38 bits per heavy atom. The Hall–Kier alpha value is -0.870. The molecule has 0 radical (unpaired) electrons. The molecule has 2 unspecified atom stereocenters. The fourth-order valence-electron chi connectivity index (χ4n) is 2.05. The molecule has 90 valence electrons. The number of aromatic nitrogens is 1. The van der Waals surface area contributed by atoms with E-state index >= 15 is 0 Å². The Balaban J connectivity index is 1.84. The quantitative estimate of drug-likeness (QED) is 0.813. The second kappa shape index (κ2) is 4.18. The molecule has 1 aliphatic carbocycles. The van der Waals surface area contributed by atoms with Crippen molar-refractivity contribution in [3.05, 3.63) is 17.8 Å². The van der Waals surface area contributed by atoms with Gasteiger partial charge in [-0.05, 0) is 6.42 Å². The predicted octanol–water partition coefficient (Wildman–Crippen LogP) is 1.49. The minimum atomic E-state index is -0.194. The minimum Gasteiger partial charge on any atom is -0.444 e. The van der Waals surface area contributed by atoms with E-state index in [4.69, 9.17) is 4.42 Å². The molecule has 1 aromatic rings. The Morgan fingerprint density at radius 3 is 2.88 bits per heavy atom. The monoisotopic (exact) mass is 224 g/mol. The van der Waals surface area contributed by atoms with Crippen LogP contribution in [0, 0.1) is 5.41 Å². The standard InChI is InChI=1S/C12H20N2O2/c1-4-8-6-14-11(16-8)7-13-9-5-10(15)12(9,2)3/h6,9-10,13,15H,4-5,7H2,1-3H3. The van der Waals surface area contributed by atoms with Crippen molar-refractivity contribution in [3.8, 4) is 0 Å². The van der Waals surface area contributed by atoms with E-state index in [1.54, 1.807) is 6.20 Å². The van der Waals surface area contributed by atoms with Crippen LogP contribution in [0.1, 0.15) is 38.8 Å². The van der Waals surface area contributed by atoms with Gasteiger partial charge < -0.3 is 14.8 Å². The van der Waals surface area contributed by atoms with Gasteiger partial charge in [0.15, 0.2) is 0 Å². The molecule has 4 nitrogen and oxygen atoms in total. The highest BCUT2D eigenvalue weighted by atomic mass is 16.4. The van der Waals surface area contributed by atoms with Crippen molar-refractivity contribution in [3.63, 3.8) is 0 Å². The highest BCUT2D eigenvalue weighted by molar-refractivity contribution is 5.02. The van der Waals surface area contributed by atoms with E-state index in [9.17, 15) is 5.11 Å². The molecule has 2 atom stereocenters. The zero-order chi connectivity index (χ0) is 11.8. The number of hydrogen-bond acceptors (Lipinski definition) is 4. The maximum Gasteiger partial charge on any atom is 0.208 e. The maximum atomic E-state index is 9.61. The Kier molecular flexibility index (Phi) is 3.04. The van der Waals surface area contributed by atoms with Gasteiger partial charge in [0.1, 0.15) is 5.76 Å². The van der Waals surface area contributed by atoms with E-state index < -0.39 is 0 Å². The summed E-state index contributed by atoms with van der Waals surface area (Å²) < 4.78 is 5.51. The number of nitrogens with one attached hydrogen (secondary N) is 1. The SMILES string of the molecule is CCc1cnc(CNC2CC(O)C2(C)C)o1.